The molecule has 0 unspecified atom stereocenters. The van der Waals surface area contributed by atoms with E-state index in [1.807, 2.05) is 6.08 Å². The third-order valence-electron chi connectivity index (χ3n) is 10.2. The molecule has 0 aliphatic rings. The molecule has 0 saturated heterocycles. The number of rotatable bonds is 43. The summed E-state index contributed by atoms with van der Waals surface area (Å²) in [6.45, 7) is 3.67. The van der Waals surface area contributed by atoms with Crippen molar-refractivity contribution in [3.63, 3.8) is 0 Å². The fourth-order valence-corrected chi connectivity index (χ4v) is 7.05. The third-order valence-corrected chi connectivity index (χ3v) is 10.6. The number of hydrogen-bond acceptors (Lipinski definition) is 6. The third kappa shape index (κ3) is 45.0. The first-order valence-electron chi connectivity index (χ1n) is 23.3. The number of ether oxygens (including phenoxy) is 2. The molecule has 9 heteroatoms. The Bertz CT molecular complexity index is 1000. The number of phosphoric ester groups is 1. The van der Waals surface area contributed by atoms with Crippen molar-refractivity contribution in [3.05, 3.63) is 36.5 Å². The summed E-state index contributed by atoms with van der Waals surface area (Å²) in [6.07, 6.45) is 51.7. The average molecular weight is 811 g/mol. The number of hydrogen-bond donors (Lipinski definition) is 2. The summed E-state index contributed by atoms with van der Waals surface area (Å²) in [6, 6.07) is 0. The SMILES string of the molecule is CCCCCCCC/C=C/C/C=C/C/C=C/CCCC(=O)O[C@H](COC(=O)CCCCCCCCCCCCCCCCCCCCCCC)COP(=O)(O)O. The maximum absolute atomic E-state index is 12.4. The second-order valence-electron chi connectivity index (χ2n) is 15.7. The van der Waals surface area contributed by atoms with E-state index in [0.29, 0.717) is 12.8 Å². The molecule has 0 aromatic rings. The van der Waals surface area contributed by atoms with Crippen LogP contribution in [0.3, 0.4) is 0 Å². The molecule has 0 aliphatic heterocycles. The molecule has 0 spiro atoms. The van der Waals surface area contributed by atoms with Gasteiger partial charge in [-0.25, -0.2) is 4.57 Å². The van der Waals surface area contributed by atoms with Crippen molar-refractivity contribution in [1.82, 2.24) is 0 Å². The fourth-order valence-electron chi connectivity index (χ4n) is 6.69. The van der Waals surface area contributed by atoms with Gasteiger partial charge >= 0.3 is 19.8 Å². The standard InChI is InChI=1S/C47H87O8P/c1-3-5-7-9-11-13-15-17-19-21-22-23-24-26-27-29-31-33-35-37-39-41-46(48)53-43-45(44-54-56(50,51)52)55-47(49)42-40-38-36-34-32-30-28-25-20-18-16-14-12-10-8-6-4-2/h18,20,28,30,34,36,45H,3-17,19,21-27,29,31-33,35,37-44H2,1-2H3,(H2,50,51,52)/b20-18+,30-28+,36-34+/t45-/m1/s1. The minimum absolute atomic E-state index is 0.142. The van der Waals surface area contributed by atoms with E-state index in [2.05, 4.69) is 48.8 Å². The summed E-state index contributed by atoms with van der Waals surface area (Å²) < 4.78 is 26.4. The Hall–Kier alpha value is -1.73. The van der Waals surface area contributed by atoms with Gasteiger partial charge in [0.05, 0.1) is 6.61 Å². The van der Waals surface area contributed by atoms with Crippen molar-refractivity contribution < 1.29 is 37.9 Å². The van der Waals surface area contributed by atoms with Crippen molar-refractivity contribution in [3.8, 4) is 0 Å². The highest BCUT2D eigenvalue weighted by Gasteiger charge is 2.22. The molecule has 2 N–H and O–H groups in total. The second kappa shape index (κ2) is 42.9. The summed E-state index contributed by atoms with van der Waals surface area (Å²) in [5.74, 6) is -0.936. The van der Waals surface area contributed by atoms with Gasteiger partial charge in [-0.05, 0) is 44.9 Å². The van der Waals surface area contributed by atoms with Crippen LogP contribution in [-0.4, -0.2) is 41.0 Å². The Morgan fingerprint density at radius 3 is 1.25 bits per heavy atom. The molecule has 0 radical (unpaired) electrons. The second-order valence-corrected chi connectivity index (χ2v) is 17.0. The highest BCUT2D eigenvalue weighted by atomic mass is 31.2. The topological polar surface area (TPSA) is 119 Å². The lowest BCUT2D eigenvalue weighted by Crippen LogP contribution is -2.29. The van der Waals surface area contributed by atoms with Gasteiger partial charge in [-0.1, -0.05) is 211 Å². The molecule has 8 nitrogen and oxygen atoms in total. The van der Waals surface area contributed by atoms with Crippen LogP contribution in [0.1, 0.15) is 232 Å². The van der Waals surface area contributed by atoms with E-state index in [4.69, 9.17) is 19.3 Å². The largest absolute Gasteiger partial charge is 0.469 e. The Labute approximate surface area is 344 Å². The van der Waals surface area contributed by atoms with Crippen LogP contribution in [0, 0.1) is 0 Å². The van der Waals surface area contributed by atoms with Crippen LogP contribution in [0.15, 0.2) is 36.5 Å². The zero-order valence-corrected chi connectivity index (χ0v) is 37.2. The van der Waals surface area contributed by atoms with Gasteiger partial charge in [-0.3, -0.25) is 14.1 Å². The van der Waals surface area contributed by atoms with Gasteiger partial charge in [0.15, 0.2) is 6.10 Å². The Morgan fingerprint density at radius 2 is 0.821 bits per heavy atom. The first-order chi connectivity index (χ1) is 27.3. The number of phosphoric acid groups is 1. The van der Waals surface area contributed by atoms with E-state index in [1.165, 1.54) is 154 Å². The minimum atomic E-state index is -4.77. The normalized spacial score (nSPS) is 12.7. The van der Waals surface area contributed by atoms with Crippen LogP contribution >= 0.6 is 7.82 Å². The van der Waals surface area contributed by atoms with Crippen molar-refractivity contribution in [2.45, 2.75) is 238 Å². The fraction of sp³-hybridized carbons (Fsp3) is 0.830. The van der Waals surface area contributed by atoms with E-state index in [1.54, 1.807) is 0 Å². The first kappa shape index (κ1) is 54.3. The molecule has 0 aliphatic carbocycles. The zero-order valence-electron chi connectivity index (χ0n) is 36.3. The van der Waals surface area contributed by atoms with Gasteiger partial charge < -0.3 is 19.3 Å². The highest BCUT2D eigenvalue weighted by Crippen LogP contribution is 2.36. The molecule has 0 heterocycles. The predicted octanol–water partition coefficient (Wildman–Crippen LogP) is 14.5. The lowest BCUT2D eigenvalue weighted by atomic mass is 10.0. The molecule has 328 valence electrons. The van der Waals surface area contributed by atoms with Crippen LogP contribution in [0.2, 0.25) is 0 Å². The van der Waals surface area contributed by atoms with E-state index < -0.39 is 32.5 Å². The van der Waals surface area contributed by atoms with Gasteiger partial charge in [0.25, 0.3) is 0 Å². The molecule has 1 atom stereocenters. The minimum Gasteiger partial charge on any atom is -0.462 e. The molecule has 0 aromatic carbocycles. The van der Waals surface area contributed by atoms with Gasteiger partial charge in [0, 0.05) is 12.8 Å². The molecule has 0 fully saturated rings. The molecule has 0 rings (SSSR count). The summed E-state index contributed by atoms with van der Waals surface area (Å²) in [7, 11) is -4.77. The average Bonchev–Trinajstić information content (AvgIpc) is 3.17. The lowest BCUT2D eigenvalue weighted by Gasteiger charge is -2.18. The molecular weight excluding hydrogens is 723 g/mol. The highest BCUT2D eigenvalue weighted by molar-refractivity contribution is 7.46. The molecule has 0 bridgehead atoms. The van der Waals surface area contributed by atoms with E-state index >= 15 is 0 Å². The van der Waals surface area contributed by atoms with Gasteiger partial charge in [0.2, 0.25) is 0 Å². The van der Waals surface area contributed by atoms with Crippen molar-refractivity contribution >= 4 is 19.8 Å². The monoisotopic (exact) mass is 811 g/mol. The van der Waals surface area contributed by atoms with E-state index in [9.17, 15) is 14.2 Å². The summed E-state index contributed by atoms with van der Waals surface area (Å²) in [5.41, 5.74) is 0. The predicted molar refractivity (Wildman–Crippen MR) is 235 cm³/mol. The summed E-state index contributed by atoms with van der Waals surface area (Å²) in [4.78, 5) is 42.9. The van der Waals surface area contributed by atoms with E-state index in [0.717, 1.165) is 38.5 Å². The van der Waals surface area contributed by atoms with Crippen LogP contribution in [0.5, 0.6) is 0 Å². The van der Waals surface area contributed by atoms with Crippen molar-refractivity contribution in [2.24, 2.45) is 0 Å². The maximum atomic E-state index is 12.4. The number of carbonyl (C=O) groups is 2. The number of esters is 2. The Balaban J connectivity index is 3.89. The van der Waals surface area contributed by atoms with Gasteiger partial charge in [0.1, 0.15) is 6.61 Å². The zero-order chi connectivity index (χ0) is 41.1. The lowest BCUT2D eigenvalue weighted by molar-refractivity contribution is -0.161. The molecule has 0 aromatic heterocycles. The summed E-state index contributed by atoms with van der Waals surface area (Å²) >= 11 is 0. The Morgan fingerprint density at radius 1 is 0.464 bits per heavy atom. The Kier molecular flexibility index (Phi) is 41.5. The van der Waals surface area contributed by atoms with Crippen LogP contribution in [0.4, 0.5) is 0 Å². The van der Waals surface area contributed by atoms with Crippen LogP contribution in [-0.2, 0) is 28.2 Å². The van der Waals surface area contributed by atoms with Gasteiger partial charge in [-0.2, -0.15) is 0 Å². The quantitative estimate of drug-likeness (QED) is 0.0270. The molecule has 0 amide bonds. The number of allylic oxidation sites excluding steroid dienone is 6. The smallest absolute Gasteiger partial charge is 0.462 e. The molecule has 0 saturated carbocycles. The first-order valence-corrected chi connectivity index (χ1v) is 24.8. The van der Waals surface area contributed by atoms with Crippen LogP contribution in [0.25, 0.3) is 0 Å². The van der Waals surface area contributed by atoms with Crippen molar-refractivity contribution in [1.29, 1.82) is 0 Å². The number of carbonyl (C=O) groups excluding carboxylic acids is 2. The van der Waals surface area contributed by atoms with E-state index in [-0.39, 0.29) is 19.4 Å². The molecular formula is C47H87O8P. The number of unbranched alkanes of at least 4 members (excludes halogenated alkanes) is 27. The maximum Gasteiger partial charge on any atom is 0.469 e. The van der Waals surface area contributed by atoms with Crippen LogP contribution < -0.4 is 0 Å². The van der Waals surface area contributed by atoms with Gasteiger partial charge in [-0.15, -0.1) is 0 Å². The molecule has 56 heavy (non-hydrogen) atoms. The van der Waals surface area contributed by atoms with Crippen molar-refractivity contribution in [2.75, 3.05) is 13.2 Å². The summed E-state index contributed by atoms with van der Waals surface area (Å²) in [5, 5.41) is 0.